The number of likely N-dealkylation sites (tertiary alicyclic amines) is 1. The second-order valence-electron chi connectivity index (χ2n) is 9.74. The van der Waals surface area contributed by atoms with Crippen molar-refractivity contribution in [1.82, 2.24) is 14.7 Å². The van der Waals surface area contributed by atoms with Gasteiger partial charge in [0.15, 0.2) is 11.5 Å². The fourth-order valence-electron chi connectivity index (χ4n) is 4.50. The Morgan fingerprint density at radius 1 is 1.03 bits per heavy atom. The number of amides is 2. The number of hydrogen-bond donors (Lipinski definition) is 0. The monoisotopic (exact) mass is 515 g/mol. The highest BCUT2D eigenvalue weighted by Crippen LogP contribution is 2.28. The molecule has 1 aromatic carbocycles. The first-order valence-electron chi connectivity index (χ1n) is 12.8. The molecule has 1 saturated heterocycles. The molecule has 198 valence electrons. The van der Waals surface area contributed by atoms with Gasteiger partial charge < -0.3 is 24.2 Å². The van der Waals surface area contributed by atoms with Crippen LogP contribution in [0.2, 0.25) is 0 Å². The molecule has 2 heterocycles. The molecule has 2 amide bonds. The summed E-state index contributed by atoms with van der Waals surface area (Å²) in [5.41, 5.74) is 2.26. The predicted octanol–water partition coefficient (Wildman–Crippen LogP) is 4.23. The number of aryl methyl sites for hydroxylation is 1. The summed E-state index contributed by atoms with van der Waals surface area (Å²) in [7, 11) is 3.24. The van der Waals surface area contributed by atoms with Crippen LogP contribution in [0.25, 0.3) is 0 Å². The van der Waals surface area contributed by atoms with Gasteiger partial charge in [-0.25, -0.2) is 0 Å². The normalized spacial score (nSPS) is 13.7. The summed E-state index contributed by atoms with van der Waals surface area (Å²) in [5.74, 6) is 1.24. The molecular formula is C28H41N3O4S. The number of carbonyl (C=O) groups is 2. The second-order valence-corrected chi connectivity index (χ2v) is 10.7. The van der Waals surface area contributed by atoms with Crippen LogP contribution in [0.5, 0.6) is 11.5 Å². The van der Waals surface area contributed by atoms with Crippen molar-refractivity contribution in [2.75, 3.05) is 53.5 Å². The number of rotatable bonds is 13. The van der Waals surface area contributed by atoms with Gasteiger partial charge in [0.1, 0.15) is 0 Å². The minimum atomic E-state index is -0.142. The Bertz CT molecular complexity index is 1000. The van der Waals surface area contributed by atoms with E-state index in [4.69, 9.17) is 9.47 Å². The maximum Gasteiger partial charge on any atom is 0.242 e. The molecule has 1 aliphatic heterocycles. The van der Waals surface area contributed by atoms with Gasteiger partial charge in [-0.1, -0.05) is 19.9 Å². The Hall–Kier alpha value is -2.58. The first-order valence-corrected chi connectivity index (χ1v) is 13.7. The molecule has 1 fully saturated rings. The third-order valence-electron chi connectivity index (χ3n) is 6.79. The van der Waals surface area contributed by atoms with E-state index in [9.17, 15) is 9.59 Å². The number of nitrogens with zero attached hydrogens (tertiary/aromatic N) is 3. The third-order valence-corrected chi connectivity index (χ3v) is 7.80. The highest BCUT2D eigenvalue weighted by molar-refractivity contribution is 7.10. The van der Waals surface area contributed by atoms with Gasteiger partial charge in [0.05, 0.1) is 27.3 Å². The van der Waals surface area contributed by atoms with E-state index in [1.165, 1.54) is 23.3 Å². The van der Waals surface area contributed by atoms with E-state index in [1.807, 2.05) is 36.9 Å². The van der Waals surface area contributed by atoms with Gasteiger partial charge in [-0.2, -0.15) is 0 Å². The summed E-state index contributed by atoms with van der Waals surface area (Å²) < 4.78 is 10.8. The Kier molecular flexibility index (Phi) is 10.6. The molecule has 1 aliphatic rings. The maximum absolute atomic E-state index is 13.6. The van der Waals surface area contributed by atoms with E-state index in [0.29, 0.717) is 37.6 Å². The van der Waals surface area contributed by atoms with Gasteiger partial charge in [-0.3, -0.25) is 9.59 Å². The fraction of sp³-hybridized carbons (Fsp3) is 0.571. The van der Waals surface area contributed by atoms with Crippen LogP contribution in [-0.2, 0) is 22.6 Å². The minimum absolute atomic E-state index is 0.0151. The summed E-state index contributed by atoms with van der Waals surface area (Å²) in [6.45, 7) is 10.7. The SMILES string of the molecule is COc1ccc(CCN(Cc2sccc2C)C(=O)CN(CCN2CCCC2)C(=O)C(C)C)cc1OC. The second kappa shape index (κ2) is 13.7. The quantitative estimate of drug-likeness (QED) is 0.400. The molecule has 7 nitrogen and oxygen atoms in total. The molecule has 0 bridgehead atoms. The number of thiophene rings is 1. The summed E-state index contributed by atoms with van der Waals surface area (Å²) in [6, 6.07) is 7.94. The Balaban J connectivity index is 1.73. The Labute approximate surface area is 220 Å². The molecular weight excluding hydrogens is 474 g/mol. The van der Waals surface area contributed by atoms with Crippen LogP contribution >= 0.6 is 11.3 Å². The predicted molar refractivity (Wildman–Crippen MR) is 145 cm³/mol. The summed E-state index contributed by atoms with van der Waals surface area (Å²) in [4.78, 5) is 33.9. The number of hydrogen-bond acceptors (Lipinski definition) is 6. The molecule has 36 heavy (non-hydrogen) atoms. The van der Waals surface area contributed by atoms with E-state index in [2.05, 4.69) is 23.3 Å². The van der Waals surface area contributed by atoms with Gasteiger partial charge >= 0.3 is 0 Å². The third kappa shape index (κ3) is 7.71. The van der Waals surface area contributed by atoms with Crippen LogP contribution in [-0.4, -0.2) is 80.0 Å². The number of ether oxygens (including phenoxy) is 2. The van der Waals surface area contributed by atoms with Crippen molar-refractivity contribution in [3.8, 4) is 11.5 Å². The molecule has 0 aliphatic carbocycles. The van der Waals surface area contributed by atoms with Crippen LogP contribution in [0.3, 0.4) is 0 Å². The van der Waals surface area contributed by atoms with Crippen LogP contribution in [0.1, 0.15) is 42.7 Å². The van der Waals surface area contributed by atoms with Crippen molar-refractivity contribution in [2.24, 2.45) is 5.92 Å². The lowest BCUT2D eigenvalue weighted by Crippen LogP contribution is -2.47. The van der Waals surface area contributed by atoms with E-state index in [0.717, 1.165) is 25.2 Å². The zero-order chi connectivity index (χ0) is 26.1. The minimum Gasteiger partial charge on any atom is -0.493 e. The summed E-state index contributed by atoms with van der Waals surface area (Å²) >= 11 is 1.67. The van der Waals surface area contributed by atoms with Gasteiger partial charge in [-0.15, -0.1) is 11.3 Å². The van der Waals surface area contributed by atoms with Crippen molar-refractivity contribution in [3.63, 3.8) is 0 Å². The number of carbonyl (C=O) groups excluding carboxylic acids is 2. The standard InChI is InChI=1S/C28H41N3O4S/c1-21(2)28(33)31(16-15-29-12-6-7-13-29)20-27(32)30(19-26-22(3)11-17-36-26)14-10-23-8-9-24(34-4)25(18-23)35-5/h8-9,11,17-18,21H,6-7,10,12-16,19-20H2,1-5H3. The van der Waals surface area contributed by atoms with Crippen LogP contribution < -0.4 is 9.47 Å². The lowest BCUT2D eigenvalue weighted by atomic mass is 10.1. The zero-order valence-electron chi connectivity index (χ0n) is 22.4. The van der Waals surface area contributed by atoms with E-state index in [-0.39, 0.29) is 24.3 Å². The average molecular weight is 516 g/mol. The van der Waals surface area contributed by atoms with Crippen molar-refractivity contribution >= 4 is 23.2 Å². The Morgan fingerprint density at radius 3 is 2.36 bits per heavy atom. The molecule has 2 aromatic rings. The lowest BCUT2D eigenvalue weighted by molar-refractivity contribution is -0.142. The summed E-state index contributed by atoms with van der Waals surface area (Å²) in [5, 5.41) is 2.06. The molecule has 0 spiro atoms. The van der Waals surface area contributed by atoms with Crippen LogP contribution in [0.4, 0.5) is 0 Å². The van der Waals surface area contributed by atoms with Crippen LogP contribution in [0.15, 0.2) is 29.6 Å². The van der Waals surface area contributed by atoms with Crippen molar-refractivity contribution in [2.45, 2.75) is 46.6 Å². The molecule has 1 aromatic heterocycles. The Morgan fingerprint density at radius 2 is 1.75 bits per heavy atom. The number of methoxy groups -OCH3 is 2. The topological polar surface area (TPSA) is 62.3 Å². The lowest BCUT2D eigenvalue weighted by Gasteiger charge is -2.30. The van der Waals surface area contributed by atoms with Gasteiger partial charge in [0.2, 0.25) is 11.8 Å². The van der Waals surface area contributed by atoms with E-state index in [1.54, 1.807) is 30.5 Å². The molecule has 3 rings (SSSR count). The zero-order valence-corrected chi connectivity index (χ0v) is 23.2. The molecule has 0 radical (unpaired) electrons. The average Bonchev–Trinajstić information content (AvgIpc) is 3.55. The van der Waals surface area contributed by atoms with Crippen molar-refractivity contribution in [3.05, 3.63) is 45.6 Å². The van der Waals surface area contributed by atoms with Crippen LogP contribution in [0, 0.1) is 12.8 Å². The maximum atomic E-state index is 13.6. The van der Waals surface area contributed by atoms with Crippen molar-refractivity contribution in [1.29, 1.82) is 0 Å². The van der Waals surface area contributed by atoms with Gasteiger partial charge in [-0.05, 0) is 74.0 Å². The molecule has 0 N–H and O–H groups in total. The largest absolute Gasteiger partial charge is 0.493 e. The smallest absolute Gasteiger partial charge is 0.242 e. The molecule has 0 atom stereocenters. The first-order chi connectivity index (χ1) is 17.3. The first kappa shape index (κ1) is 28.0. The van der Waals surface area contributed by atoms with Gasteiger partial charge in [0.25, 0.3) is 0 Å². The fourth-order valence-corrected chi connectivity index (χ4v) is 5.42. The number of benzene rings is 1. The highest BCUT2D eigenvalue weighted by Gasteiger charge is 2.25. The molecule has 0 unspecified atom stereocenters. The summed E-state index contributed by atoms with van der Waals surface area (Å²) in [6.07, 6.45) is 3.10. The highest BCUT2D eigenvalue weighted by atomic mass is 32.1. The van der Waals surface area contributed by atoms with E-state index >= 15 is 0 Å². The molecule has 8 heteroatoms. The van der Waals surface area contributed by atoms with Gasteiger partial charge in [0, 0.05) is 30.4 Å². The van der Waals surface area contributed by atoms with Crippen molar-refractivity contribution < 1.29 is 19.1 Å². The van der Waals surface area contributed by atoms with E-state index < -0.39 is 0 Å². The molecule has 0 saturated carbocycles.